The van der Waals surface area contributed by atoms with E-state index in [0.29, 0.717) is 5.95 Å². The normalized spacial score (nSPS) is 12.8. The summed E-state index contributed by atoms with van der Waals surface area (Å²) >= 11 is 0. The van der Waals surface area contributed by atoms with Crippen molar-refractivity contribution < 1.29 is 4.74 Å². The summed E-state index contributed by atoms with van der Waals surface area (Å²) in [7, 11) is 1.68. The molecule has 1 aromatic heterocycles. The molecule has 0 bridgehead atoms. The molecule has 0 aliphatic carbocycles. The van der Waals surface area contributed by atoms with Crippen LogP contribution in [0.25, 0.3) is 10.9 Å². The van der Waals surface area contributed by atoms with E-state index in [9.17, 15) is 0 Å². The van der Waals surface area contributed by atoms with Gasteiger partial charge in [0.2, 0.25) is 5.95 Å². The van der Waals surface area contributed by atoms with Gasteiger partial charge < -0.3 is 15.0 Å². The summed E-state index contributed by atoms with van der Waals surface area (Å²) < 4.78 is 5.59. The molecule has 1 N–H and O–H groups in total. The lowest BCUT2D eigenvalue weighted by Gasteiger charge is -2.30. The Labute approximate surface area is 182 Å². The van der Waals surface area contributed by atoms with Crippen molar-refractivity contribution in [1.82, 2.24) is 9.97 Å². The van der Waals surface area contributed by atoms with E-state index in [-0.39, 0.29) is 12.4 Å². The first-order valence-electron chi connectivity index (χ1n) is 9.80. The molecule has 3 aromatic carbocycles. The van der Waals surface area contributed by atoms with Gasteiger partial charge in [0.1, 0.15) is 17.1 Å². The molecule has 0 saturated carbocycles. The van der Waals surface area contributed by atoms with E-state index in [1.54, 1.807) is 7.11 Å². The van der Waals surface area contributed by atoms with Gasteiger partial charge in [0.25, 0.3) is 0 Å². The predicted octanol–water partition coefficient (Wildman–Crippen LogP) is 5.37. The van der Waals surface area contributed by atoms with E-state index in [2.05, 4.69) is 40.5 Å². The second kappa shape index (κ2) is 8.59. The molecule has 0 amide bonds. The number of hydrogen-bond donors (Lipinski definition) is 1. The van der Waals surface area contributed by atoms with Crippen molar-refractivity contribution in [3.63, 3.8) is 0 Å². The summed E-state index contributed by atoms with van der Waals surface area (Å²) in [4.78, 5) is 12.0. The quantitative estimate of drug-likeness (QED) is 0.483. The molecular formula is C24H23ClN4O. The van der Waals surface area contributed by atoms with Crippen LogP contribution in [0.5, 0.6) is 5.75 Å². The first-order chi connectivity index (χ1) is 14.3. The number of hydrogen-bond acceptors (Lipinski definition) is 5. The van der Waals surface area contributed by atoms with E-state index in [1.165, 1.54) is 11.1 Å². The number of nitrogens with zero attached hydrogens (tertiary/aromatic N) is 3. The fraction of sp³-hybridized carbons (Fsp3) is 0.167. The SMILES string of the molecule is COc1cccc2c(N3CCc4ccccc4C3)nc(Nc3ccccc3)nc12.Cl. The lowest BCUT2D eigenvalue weighted by Crippen LogP contribution is -2.31. The highest BCUT2D eigenvalue weighted by molar-refractivity contribution is 5.94. The van der Waals surface area contributed by atoms with E-state index in [1.807, 2.05) is 42.5 Å². The number of rotatable bonds is 4. The average Bonchev–Trinajstić information content (AvgIpc) is 2.78. The maximum atomic E-state index is 5.59. The molecular weight excluding hydrogens is 396 g/mol. The second-order valence-corrected chi connectivity index (χ2v) is 7.16. The molecule has 0 atom stereocenters. The van der Waals surface area contributed by atoms with Gasteiger partial charge >= 0.3 is 0 Å². The third-order valence-electron chi connectivity index (χ3n) is 5.35. The zero-order valence-corrected chi connectivity index (χ0v) is 17.5. The zero-order chi connectivity index (χ0) is 19.6. The Bertz CT molecular complexity index is 1170. The standard InChI is InChI=1S/C24H22N4O.ClH/c1-29-21-13-7-12-20-22(21)26-24(25-19-10-3-2-4-11-19)27-23(20)28-15-14-17-8-5-6-9-18(17)16-28;/h2-13H,14-16H2,1H3,(H,25,26,27);1H. The van der Waals surface area contributed by atoms with Gasteiger partial charge in [0.05, 0.1) is 7.11 Å². The highest BCUT2D eigenvalue weighted by atomic mass is 35.5. The summed E-state index contributed by atoms with van der Waals surface area (Å²) in [5.74, 6) is 2.25. The average molecular weight is 419 g/mol. The third kappa shape index (κ3) is 3.76. The predicted molar refractivity (Wildman–Crippen MR) is 124 cm³/mol. The van der Waals surface area contributed by atoms with Gasteiger partial charge in [-0.2, -0.15) is 4.98 Å². The minimum Gasteiger partial charge on any atom is -0.494 e. The Balaban J connectivity index is 0.00000218. The van der Waals surface area contributed by atoms with Gasteiger partial charge in [-0.05, 0) is 41.8 Å². The van der Waals surface area contributed by atoms with Crippen molar-refractivity contribution in [2.24, 2.45) is 0 Å². The summed E-state index contributed by atoms with van der Waals surface area (Å²) in [5.41, 5.74) is 4.54. The van der Waals surface area contributed by atoms with E-state index in [0.717, 1.165) is 47.7 Å². The third-order valence-corrected chi connectivity index (χ3v) is 5.35. The first kappa shape index (κ1) is 20.0. The molecule has 6 heteroatoms. The molecule has 30 heavy (non-hydrogen) atoms. The van der Waals surface area contributed by atoms with Crippen molar-refractivity contribution in [3.05, 3.63) is 83.9 Å². The molecule has 1 aliphatic rings. The highest BCUT2D eigenvalue weighted by Crippen LogP contribution is 2.34. The Morgan fingerprint density at radius 2 is 1.63 bits per heavy atom. The lowest BCUT2D eigenvalue weighted by molar-refractivity contribution is 0.419. The smallest absolute Gasteiger partial charge is 0.229 e. The summed E-state index contributed by atoms with van der Waals surface area (Å²) in [6.07, 6.45) is 1.01. The lowest BCUT2D eigenvalue weighted by atomic mass is 9.99. The number of halogens is 1. The molecule has 0 saturated heterocycles. The molecule has 152 valence electrons. The minimum absolute atomic E-state index is 0. The van der Waals surface area contributed by atoms with Crippen LogP contribution in [0.3, 0.4) is 0 Å². The number of fused-ring (bicyclic) bond motifs is 2. The number of anilines is 3. The molecule has 4 aromatic rings. The molecule has 0 spiro atoms. The molecule has 5 rings (SSSR count). The molecule has 0 fully saturated rings. The molecule has 0 radical (unpaired) electrons. The largest absolute Gasteiger partial charge is 0.494 e. The molecule has 5 nitrogen and oxygen atoms in total. The van der Waals surface area contributed by atoms with Crippen molar-refractivity contribution in [3.8, 4) is 5.75 Å². The number of ether oxygens (including phenoxy) is 1. The zero-order valence-electron chi connectivity index (χ0n) is 16.7. The van der Waals surface area contributed by atoms with E-state index < -0.39 is 0 Å². The van der Waals surface area contributed by atoms with Crippen LogP contribution in [0, 0.1) is 0 Å². The summed E-state index contributed by atoms with van der Waals surface area (Å²) in [5, 5.41) is 4.34. The van der Waals surface area contributed by atoms with Gasteiger partial charge in [-0.15, -0.1) is 12.4 Å². The topological polar surface area (TPSA) is 50.3 Å². The van der Waals surface area contributed by atoms with Gasteiger partial charge in [-0.25, -0.2) is 4.98 Å². The summed E-state index contributed by atoms with van der Waals surface area (Å²) in [6, 6.07) is 24.6. The maximum Gasteiger partial charge on any atom is 0.229 e. The number of para-hydroxylation sites is 2. The van der Waals surface area contributed by atoms with Crippen LogP contribution in [-0.2, 0) is 13.0 Å². The minimum atomic E-state index is 0. The number of methoxy groups -OCH3 is 1. The van der Waals surface area contributed by atoms with Crippen LogP contribution >= 0.6 is 12.4 Å². The Kier molecular flexibility index (Phi) is 5.72. The Morgan fingerprint density at radius 3 is 2.43 bits per heavy atom. The fourth-order valence-electron chi connectivity index (χ4n) is 3.90. The highest BCUT2D eigenvalue weighted by Gasteiger charge is 2.21. The maximum absolute atomic E-state index is 5.59. The summed E-state index contributed by atoms with van der Waals surface area (Å²) in [6.45, 7) is 1.76. The van der Waals surface area contributed by atoms with E-state index >= 15 is 0 Å². The number of nitrogens with one attached hydrogen (secondary N) is 1. The van der Waals surface area contributed by atoms with Crippen LogP contribution in [0.2, 0.25) is 0 Å². The second-order valence-electron chi connectivity index (χ2n) is 7.16. The van der Waals surface area contributed by atoms with Gasteiger partial charge in [0.15, 0.2) is 0 Å². The molecule has 0 unspecified atom stereocenters. The van der Waals surface area contributed by atoms with Crippen LogP contribution in [0.4, 0.5) is 17.5 Å². The monoisotopic (exact) mass is 418 g/mol. The number of aromatic nitrogens is 2. The van der Waals surface area contributed by atoms with Crippen LogP contribution in [-0.4, -0.2) is 23.6 Å². The van der Waals surface area contributed by atoms with Crippen molar-refractivity contribution in [1.29, 1.82) is 0 Å². The van der Waals surface area contributed by atoms with Gasteiger partial charge in [-0.3, -0.25) is 0 Å². The molecule has 2 heterocycles. The van der Waals surface area contributed by atoms with Crippen molar-refractivity contribution in [2.45, 2.75) is 13.0 Å². The van der Waals surface area contributed by atoms with Crippen LogP contribution in [0.1, 0.15) is 11.1 Å². The van der Waals surface area contributed by atoms with Crippen LogP contribution < -0.4 is 15.0 Å². The van der Waals surface area contributed by atoms with Gasteiger partial charge in [-0.1, -0.05) is 48.5 Å². The van der Waals surface area contributed by atoms with Crippen molar-refractivity contribution >= 4 is 40.8 Å². The fourth-order valence-corrected chi connectivity index (χ4v) is 3.90. The first-order valence-corrected chi connectivity index (χ1v) is 9.80. The van der Waals surface area contributed by atoms with Gasteiger partial charge in [0, 0.05) is 24.2 Å². The van der Waals surface area contributed by atoms with E-state index in [4.69, 9.17) is 14.7 Å². The Hall–Kier alpha value is -3.31. The van der Waals surface area contributed by atoms with Crippen LogP contribution in [0.15, 0.2) is 72.8 Å². The van der Waals surface area contributed by atoms with Crippen molar-refractivity contribution in [2.75, 3.05) is 23.9 Å². The Morgan fingerprint density at radius 1 is 0.867 bits per heavy atom. The number of benzene rings is 3. The molecule has 1 aliphatic heterocycles.